The lowest BCUT2D eigenvalue weighted by molar-refractivity contribution is -0.109. The van der Waals surface area contributed by atoms with E-state index in [2.05, 4.69) is 38.2 Å². The molecule has 0 atom stereocenters. The molecule has 1 aromatic heterocycles. The lowest BCUT2D eigenvalue weighted by Gasteiger charge is -2.12. The van der Waals surface area contributed by atoms with Gasteiger partial charge in [-0.3, -0.25) is 4.79 Å². The zero-order chi connectivity index (χ0) is 19.9. The molecule has 2 rings (SSSR count). The Bertz CT molecular complexity index is 555. The fourth-order valence-corrected chi connectivity index (χ4v) is 1.39. The molecule has 142 valence electrons. The number of methoxy groups -OCH3 is 1. The van der Waals surface area contributed by atoms with Crippen LogP contribution in [0.4, 0.5) is 0 Å². The highest BCUT2D eigenvalue weighted by molar-refractivity contribution is 5.44. The van der Waals surface area contributed by atoms with Crippen molar-refractivity contribution in [1.82, 2.24) is 10.5 Å². The van der Waals surface area contributed by atoms with Crippen molar-refractivity contribution in [2.75, 3.05) is 14.2 Å². The van der Waals surface area contributed by atoms with Crippen LogP contribution in [-0.2, 0) is 10.2 Å². The standard InChI is InChI=1S/C8H13NO.C8H10O.C2H5NO.C2H6/c1-6-5-7(9-10-6)8(2,3)4;1-7-3-5-8(9-2)6-4-7;1-3-2-4;1-2/h5H,1-4H3;3-6H,1-2H3;2H,1H3,(H,3,4);1-2H3. The van der Waals surface area contributed by atoms with Crippen molar-refractivity contribution >= 4 is 6.41 Å². The second-order valence-corrected chi connectivity index (χ2v) is 6.00. The molecule has 0 fully saturated rings. The predicted octanol–water partition coefficient (Wildman–Crippen LogP) is 4.67. The second kappa shape index (κ2) is 14.1. The first-order valence-corrected chi connectivity index (χ1v) is 8.40. The maximum Gasteiger partial charge on any atom is 0.206 e. The summed E-state index contributed by atoms with van der Waals surface area (Å²) in [7, 11) is 3.23. The number of ether oxygens (including phenoxy) is 1. The Morgan fingerprint density at radius 2 is 1.60 bits per heavy atom. The van der Waals surface area contributed by atoms with Crippen molar-refractivity contribution in [3.05, 3.63) is 47.3 Å². The van der Waals surface area contributed by atoms with Gasteiger partial charge in [0.25, 0.3) is 0 Å². The zero-order valence-corrected chi connectivity index (χ0v) is 17.1. The van der Waals surface area contributed by atoms with Crippen molar-refractivity contribution in [2.24, 2.45) is 0 Å². The van der Waals surface area contributed by atoms with Crippen LogP contribution in [-0.4, -0.2) is 25.7 Å². The minimum absolute atomic E-state index is 0.109. The lowest BCUT2D eigenvalue weighted by Crippen LogP contribution is -2.10. The van der Waals surface area contributed by atoms with Crippen LogP contribution in [0.15, 0.2) is 34.9 Å². The van der Waals surface area contributed by atoms with Crippen molar-refractivity contribution in [3.8, 4) is 5.75 Å². The van der Waals surface area contributed by atoms with Crippen LogP contribution >= 0.6 is 0 Å². The van der Waals surface area contributed by atoms with Gasteiger partial charge in [0, 0.05) is 18.5 Å². The topological polar surface area (TPSA) is 64.4 Å². The van der Waals surface area contributed by atoms with E-state index in [0.29, 0.717) is 6.41 Å². The Morgan fingerprint density at radius 1 is 1.12 bits per heavy atom. The summed E-state index contributed by atoms with van der Waals surface area (Å²) in [6.45, 7) is 14.3. The van der Waals surface area contributed by atoms with Gasteiger partial charge in [-0.25, -0.2) is 0 Å². The summed E-state index contributed by atoms with van der Waals surface area (Å²) >= 11 is 0. The highest BCUT2D eigenvalue weighted by Gasteiger charge is 2.17. The molecule has 1 N–H and O–H groups in total. The molecular formula is C20H34N2O3. The number of aryl methyl sites for hydroxylation is 2. The molecule has 0 spiro atoms. The number of amides is 1. The highest BCUT2D eigenvalue weighted by Crippen LogP contribution is 2.20. The molecule has 0 aliphatic heterocycles. The van der Waals surface area contributed by atoms with Gasteiger partial charge in [-0.1, -0.05) is 57.5 Å². The second-order valence-electron chi connectivity index (χ2n) is 6.00. The van der Waals surface area contributed by atoms with Gasteiger partial charge in [0.05, 0.1) is 12.8 Å². The number of nitrogens with one attached hydrogen (secondary N) is 1. The molecule has 2 aromatic rings. The molecule has 0 saturated carbocycles. The van der Waals surface area contributed by atoms with E-state index in [1.807, 2.05) is 51.1 Å². The van der Waals surface area contributed by atoms with Crippen LogP contribution in [0.25, 0.3) is 0 Å². The molecule has 0 aliphatic carbocycles. The van der Waals surface area contributed by atoms with Gasteiger partial charge in [-0.15, -0.1) is 0 Å². The molecule has 1 amide bonds. The average Bonchev–Trinajstić information content (AvgIpc) is 3.05. The third-order valence-electron chi connectivity index (χ3n) is 2.77. The normalized spacial score (nSPS) is 9.16. The average molecular weight is 351 g/mol. The molecule has 1 aromatic carbocycles. The largest absolute Gasteiger partial charge is 0.497 e. The first kappa shape index (κ1) is 24.9. The number of rotatable bonds is 2. The first-order chi connectivity index (χ1) is 11.7. The predicted molar refractivity (Wildman–Crippen MR) is 104 cm³/mol. The van der Waals surface area contributed by atoms with Gasteiger partial charge in [0.1, 0.15) is 11.5 Å². The van der Waals surface area contributed by atoms with Crippen LogP contribution in [0, 0.1) is 13.8 Å². The summed E-state index contributed by atoms with van der Waals surface area (Å²) in [5, 5.41) is 6.16. The Balaban J connectivity index is 0. The van der Waals surface area contributed by atoms with Gasteiger partial charge in [0.2, 0.25) is 6.41 Å². The smallest absolute Gasteiger partial charge is 0.206 e. The first-order valence-electron chi connectivity index (χ1n) is 8.40. The number of benzene rings is 1. The Labute approximate surface area is 152 Å². The molecule has 0 bridgehead atoms. The minimum atomic E-state index is 0.109. The lowest BCUT2D eigenvalue weighted by atomic mass is 9.92. The summed E-state index contributed by atoms with van der Waals surface area (Å²) in [6.07, 6.45) is 0.625. The van der Waals surface area contributed by atoms with Gasteiger partial charge in [-0.05, 0) is 26.0 Å². The molecule has 5 heteroatoms. The van der Waals surface area contributed by atoms with E-state index in [9.17, 15) is 0 Å². The van der Waals surface area contributed by atoms with Crippen LogP contribution in [0.1, 0.15) is 51.6 Å². The molecule has 0 saturated heterocycles. The summed E-state index contributed by atoms with van der Waals surface area (Å²) in [5.74, 6) is 1.80. The van der Waals surface area contributed by atoms with E-state index in [0.717, 1.165) is 17.2 Å². The third kappa shape index (κ3) is 12.8. The number of hydrogen-bond acceptors (Lipinski definition) is 4. The molecular weight excluding hydrogens is 316 g/mol. The molecule has 0 radical (unpaired) electrons. The van der Waals surface area contributed by atoms with Gasteiger partial charge < -0.3 is 14.6 Å². The molecule has 5 nitrogen and oxygen atoms in total. The van der Waals surface area contributed by atoms with Crippen molar-refractivity contribution in [2.45, 2.75) is 53.9 Å². The number of carbonyl (C=O) groups excluding carboxylic acids is 1. The van der Waals surface area contributed by atoms with E-state index in [-0.39, 0.29) is 5.41 Å². The van der Waals surface area contributed by atoms with Crippen LogP contribution < -0.4 is 10.1 Å². The number of hydrogen-bond donors (Lipinski definition) is 1. The number of carbonyl (C=O) groups is 1. The van der Waals surface area contributed by atoms with E-state index in [1.165, 1.54) is 5.56 Å². The summed E-state index contributed by atoms with van der Waals surface area (Å²) < 4.78 is 9.91. The fraction of sp³-hybridized carbons (Fsp3) is 0.500. The Hall–Kier alpha value is -2.30. The monoisotopic (exact) mass is 350 g/mol. The van der Waals surface area contributed by atoms with Gasteiger partial charge in [-0.2, -0.15) is 0 Å². The molecule has 25 heavy (non-hydrogen) atoms. The zero-order valence-electron chi connectivity index (χ0n) is 17.1. The molecule has 0 unspecified atom stereocenters. The molecule has 1 heterocycles. The maximum atomic E-state index is 9.06. The SMILES string of the molecule is CC.CNC=O.COc1ccc(C)cc1.Cc1cc(C(C)(C)C)no1. The van der Waals surface area contributed by atoms with E-state index in [4.69, 9.17) is 14.1 Å². The van der Waals surface area contributed by atoms with Crippen molar-refractivity contribution in [1.29, 1.82) is 0 Å². The van der Waals surface area contributed by atoms with Crippen LogP contribution in [0.2, 0.25) is 0 Å². The van der Waals surface area contributed by atoms with Gasteiger partial charge in [0.15, 0.2) is 0 Å². The van der Waals surface area contributed by atoms with Crippen molar-refractivity contribution < 1.29 is 14.1 Å². The van der Waals surface area contributed by atoms with E-state index < -0.39 is 0 Å². The highest BCUT2D eigenvalue weighted by atomic mass is 16.5. The summed E-state index contributed by atoms with van der Waals surface area (Å²) in [4.78, 5) is 9.06. The quantitative estimate of drug-likeness (QED) is 0.799. The van der Waals surface area contributed by atoms with E-state index in [1.54, 1.807) is 14.2 Å². The number of aromatic nitrogens is 1. The van der Waals surface area contributed by atoms with Crippen LogP contribution in [0.5, 0.6) is 5.75 Å². The van der Waals surface area contributed by atoms with Crippen molar-refractivity contribution in [3.63, 3.8) is 0 Å². The Kier molecular flexibility index (Phi) is 14.0. The third-order valence-corrected chi connectivity index (χ3v) is 2.77. The minimum Gasteiger partial charge on any atom is -0.497 e. The summed E-state index contributed by atoms with van der Waals surface area (Å²) in [6, 6.07) is 9.93. The van der Waals surface area contributed by atoms with E-state index >= 15 is 0 Å². The Morgan fingerprint density at radius 3 is 1.84 bits per heavy atom. The maximum absolute atomic E-state index is 9.06. The number of nitrogens with zero attached hydrogens (tertiary/aromatic N) is 1. The summed E-state index contributed by atoms with van der Waals surface area (Å²) in [5.41, 5.74) is 2.39. The fourth-order valence-electron chi connectivity index (χ4n) is 1.39. The molecule has 0 aliphatic rings. The van der Waals surface area contributed by atoms with Gasteiger partial charge >= 0.3 is 0 Å². The van der Waals surface area contributed by atoms with Crippen LogP contribution in [0.3, 0.4) is 0 Å².